The maximum atomic E-state index is 12.0. The van der Waals surface area contributed by atoms with E-state index < -0.39 is 12.8 Å². The van der Waals surface area contributed by atoms with Crippen molar-refractivity contribution >= 4 is 17.2 Å². The van der Waals surface area contributed by atoms with Crippen molar-refractivity contribution in [1.82, 2.24) is 14.8 Å². The summed E-state index contributed by atoms with van der Waals surface area (Å²) in [4.78, 5) is 20.4. The summed E-state index contributed by atoms with van der Waals surface area (Å²) in [6.07, 6.45) is -3.42. The van der Waals surface area contributed by atoms with Gasteiger partial charge in [0.2, 0.25) is 5.91 Å². The first-order chi connectivity index (χ1) is 11.4. The minimum absolute atomic E-state index is 0.0119. The normalized spacial score (nSPS) is 16.6. The van der Waals surface area contributed by atoms with Crippen LogP contribution < -0.4 is 0 Å². The molecule has 1 saturated heterocycles. The van der Waals surface area contributed by atoms with Crippen LogP contribution >= 0.6 is 11.3 Å². The van der Waals surface area contributed by atoms with Crippen molar-refractivity contribution in [1.29, 1.82) is 0 Å². The molecule has 1 fully saturated rings. The fraction of sp³-hybridized carbons (Fsp3) is 0.733. The smallest absolute Gasteiger partial charge is 0.372 e. The van der Waals surface area contributed by atoms with Gasteiger partial charge in [-0.15, -0.1) is 11.3 Å². The summed E-state index contributed by atoms with van der Waals surface area (Å²) in [5, 5.41) is 3.19. The van der Waals surface area contributed by atoms with Crippen molar-refractivity contribution in [3.8, 4) is 0 Å². The van der Waals surface area contributed by atoms with Crippen molar-refractivity contribution in [2.24, 2.45) is 0 Å². The van der Waals surface area contributed by atoms with Gasteiger partial charge in [-0.1, -0.05) is 6.92 Å². The topological polar surface area (TPSA) is 45.7 Å². The lowest BCUT2D eigenvalue weighted by molar-refractivity contribution is -0.175. The second kappa shape index (κ2) is 8.77. The number of amides is 1. The molecule has 0 radical (unpaired) electrons. The van der Waals surface area contributed by atoms with Gasteiger partial charge in [0.25, 0.3) is 0 Å². The van der Waals surface area contributed by atoms with Gasteiger partial charge in [0, 0.05) is 38.1 Å². The minimum Gasteiger partial charge on any atom is -0.372 e. The van der Waals surface area contributed by atoms with Crippen molar-refractivity contribution in [2.45, 2.75) is 32.5 Å². The number of nitrogens with zero attached hydrogens (tertiary/aromatic N) is 3. The van der Waals surface area contributed by atoms with Crippen LogP contribution in [0.1, 0.15) is 24.0 Å². The standard InChI is InChI=1S/C15H22F3N3O2S/c1-2-13-19-12(10-24-13)9-20-4-6-21(7-5-20)14(22)3-8-23-11-15(16,17)18/h10H,2-9,11H2,1H3. The number of hydrogen-bond acceptors (Lipinski definition) is 5. The zero-order valence-electron chi connectivity index (χ0n) is 13.6. The van der Waals surface area contributed by atoms with Crippen molar-refractivity contribution in [3.63, 3.8) is 0 Å². The highest BCUT2D eigenvalue weighted by Crippen LogP contribution is 2.15. The van der Waals surface area contributed by atoms with Gasteiger partial charge in [-0.2, -0.15) is 13.2 Å². The maximum absolute atomic E-state index is 12.0. The summed E-state index contributed by atoms with van der Waals surface area (Å²) >= 11 is 1.66. The van der Waals surface area contributed by atoms with Crippen LogP contribution in [0.5, 0.6) is 0 Å². The molecule has 0 N–H and O–H groups in total. The maximum Gasteiger partial charge on any atom is 0.411 e. The summed E-state index contributed by atoms with van der Waals surface area (Å²) < 4.78 is 40.3. The molecule has 0 bridgehead atoms. The monoisotopic (exact) mass is 365 g/mol. The minimum atomic E-state index is -4.35. The molecule has 2 heterocycles. The van der Waals surface area contributed by atoms with Gasteiger partial charge < -0.3 is 9.64 Å². The van der Waals surface area contributed by atoms with Gasteiger partial charge in [0.1, 0.15) is 6.61 Å². The Morgan fingerprint density at radius 2 is 2.04 bits per heavy atom. The number of aromatic nitrogens is 1. The van der Waals surface area contributed by atoms with Crippen molar-refractivity contribution in [2.75, 3.05) is 39.4 Å². The number of aryl methyl sites for hydroxylation is 1. The highest BCUT2D eigenvalue weighted by Gasteiger charge is 2.28. The van der Waals surface area contributed by atoms with Crippen LogP contribution in [0.15, 0.2) is 5.38 Å². The van der Waals surface area contributed by atoms with Crippen LogP contribution in [0.4, 0.5) is 13.2 Å². The van der Waals surface area contributed by atoms with E-state index in [-0.39, 0.29) is 18.9 Å². The van der Waals surface area contributed by atoms with E-state index in [0.29, 0.717) is 13.1 Å². The Labute approximate surface area is 143 Å². The molecule has 136 valence electrons. The molecule has 5 nitrogen and oxygen atoms in total. The number of rotatable bonds is 7. The number of carbonyl (C=O) groups is 1. The van der Waals surface area contributed by atoms with Crippen LogP contribution in [0.2, 0.25) is 0 Å². The van der Waals surface area contributed by atoms with E-state index in [1.54, 1.807) is 16.2 Å². The molecule has 9 heteroatoms. The quantitative estimate of drug-likeness (QED) is 0.696. The van der Waals surface area contributed by atoms with Gasteiger partial charge in [-0.3, -0.25) is 9.69 Å². The molecule has 0 aliphatic carbocycles. The third kappa shape index (κ3) is 6.37. The van der Waals surface area contributed by atoms with Crippen LogP contribution in [-0.4, -0.2) is 66.3 Å². The summed E-state index contributed by atoms with van der Waals surface area (Å²) in [7, 11) is 0. The van der Waals surface area contributed by atoms with Crippen LogP contribution in [0.25, 0.3) is 0 Å². The molecule has 0 aromatic carbocycles. The molecule has 24 heavy (non-hydrogen) atoms. The van der Waals surface area contributed by atoms with E-state index >= 15 is 0 Å². The average Bonchev–Trinajstić information content (AvgIpc) is 2.99. The molecule has 1 aliphatic rings. The first kappa shape index (κ1) is 19.1. The van der Waals surface area contributed by atoms with Crippen molar-refractivity contribution < 1.29 is 22.7 Å². The molecule has 1 aromatic heterocycles. The fourth-order valence-electron chi connectivity index (χ4n) is 2.47. The van der Waals surface area contributed by atoms with Gasteiger partial charge >= 0.3 is 6.18 Å². The summed E-state index contributed by atoms with van der Waals surface area (Å²) in [6, 6.07) is 0. The van der Waals surface area contributed by atoms with E-state index in [9.17, 15) is 18.0 Å². The largest absolute Gasteiger partial charge is 0.411 e. The number of ether oxygens (including phenoxy) is 1. The molecular weight excluding hydrogens is 343 g/mol. The van der Waals surface area contributed by atoms with Gasteiger partial charge in [0.15, 0.2) is 0 Å². The third-order valence-electron chi connectivity index (χ3n) is 3.74. The van der Waals surface area contributed by atoms with E-state index in [1.807, 2.05) is 0 Å². The lowest BCUT2D eigenvalue weighted by Gasteiger charge is -2.34. The fourth-order valence-corrected chi connectivity index (χ4v) is 3.21. The van der Waals surface area contributed by atoms with Gasteiger partial charge in [-0.05, 0) is 6.42 Å². The van der Waals surface area contributed by atoms with E-state index in [0.717, 1.165) is 36.8 Å². The number of thiazole rings is 1. The number of halogens is 3. The van der Waals surface area contributed by atoms with E-state index in [4.69, 9.17) is 0 Å². The second-order valence-corrected chi connectivity index (χ2v) is 6.60. The highest BCUT2D eigenvalue weighted by molar-refractivity contribution is 7.09. The molecule has 2 rings (SSSR count). The molecular formula is C15H22F3N3O2S. The lowest BCUT2D eigenvalue weighted by Crippen LogP contribution is -2.48. The number of piperazine rings is 1. The first-order valence-corrected chi connectivity index (χ1v) is 8.83. The first-order valence-electron chi connectivity index (χ1n) is 7.95. The molecule has 1 aliphatic heterocycles. The lowest BCUT2D eigenvalue weighted by atomic mass is 10.2. The molecule has 0 saturated carbocycles. The second-order valence-electron chi connectivity index (χ2n) is 5.66. The Morgan fingerprint density at radius 3 is 2.62 bits per heavy atom. The van der Waals surface area contributed by atoms with Crippen LogP contribution in [0.3, 0.4) is 0 Å². The van der Waals surface area contributed by atoms with E-state index in [2.05, 4.69) is 26.9 Å². The molecule has 0 unspecified atom stereocenters. The molecule has 1 aromatic rings. The molecule has 0 spiro atoms. The van der Waals surface area contributed by atoms with Crippen molar-refractivity contribution in [3.05, 3.63) is 16.1 Å². The Balaban J connectivity index is 1.65. The SMILES string of the molecule is CCc1nc(CN2CCN(C(=O)CCOCC(F)(F)F)CC2)cs1. The Bertz CT molecular complexity index is 528. The molecule has 1 amide bonds. The Hall–Kier alpha value is -1.19. The predicted molar refractivity (Wildman–Crippen MR) is 84.8 cm³/mol. The Morgan fingerprint density at radius 1 is 1.33 bits per heavy atom. The number of carbonyl (C=O) groups excluding carboxylic acids is 1. The summed E-state index contributed by atoms with van der Waals surface area (Å²) in [5.74, 6) is -0.154. The highest BCUT2D eigenvalue weighted by atomic mass is 32.1. The summed E-state index contributed by atoms with van der Waals surface area (Å²) in [5.41, 5.74) is 1.05. The zero-order chi connectivity index (χ0) is 17.6. The number of alkyl halides is 3. The van der Waals surface area contributed by atoms with Crippen LogP contribution in [-0.2, 0) is 22.5 Å². The van der Waals surface area contributed by atoms with Crippen LogP contribution in [0, 0.1) is 0 Å². The average molecular weight is 365 g/mol. The molecule has 0 atom stereocenters. The third-order valence-corrected chi connectivity index (χ3v) is 4.78. The Kier molecular flexibility index (Phi) is 7.00. The number of hydrogen-bond donors (Lipinski definition) is 0. The van der Waals surface area contributed by atoms with Gasteiger partial charge in [0.05, 0.1) is 23.7 Å². The zero-order valence-corrected chi connectivity index (χ0v) is 14.5. The summed E-state index contributed by atoms with van der Waals surface area (Å²) in [6.45, 7) is 4.01. The van der Waals surface area contributed by atoms with Gasteiger partial charge in [-0.25, -0.2) is 4.98 Å². The predicted octanol–water partition coefficient (Wildman–Crippen LogP) is 2.32. The van der Waals surface area contributed by atoms with E-state index in [1.165, 1.54) is 0 Å².